The smallest absolute Gasteiger partial charge is 0.0122 e. The van der Waals surface area contributed by atoms with Crippen molar-refractivity contribution < 1.29 is 0 Å². The molecule has 0 saturated heterocycles. The molecule has 0 amide bonds. The second-order valence-corrected chi connectivity index (χ2v) is 12.7. The van der Waals surface area contributed by atoms with E-state index in [2.05, 4.69) is 182 Å². The summed E-state index contributed by atoms with van der Waals surface area (Å²) in [7, 11) is 0. The van der Waals surface area contributed by atoms with Gasteiger partial charge in [-0.05, 0) is 126 Å². The van der Waals surface area contributed by atoms with E-state index < -0.39 is 0 Å². The molecule has 0 aliphatic carbocycles. The van der Waals surface area contributed by atoms with Crippen LogP contribution in [-0.4, -0.2) is 0 Å². The average Bonchev–Trinajstić information content (AvgIpc) is 3.09. The predicted molar refractivity (Wildman–Crippen MR) is 198 cm³/mol. The van der Waals surface area contributed by atoms with Gasteiger partial charge in [0.25, 0.3) is 0 Å². The van der Waals surface area contributed by atoms with E-state index in [1.807, 2.05) is 0 Å². The maximum atomic E-state index is 2.28. The van der Waals surface area contributed by atoms with Crippen molar-refractivity contribution in [1.82, 2.24) is 0 Å². The van der Waals surface area contributed by atoms with E-state index in [0.717, 1.165) is 0 Å². The molecular weight excluding hydrogens is 561 g/mol. The Balaban J connectivity index is 0.915. The normalized spacial score (nSPS) is 11.9. The zero-order valence-electron chi connectivity index (χ0n) is 24.7. The molecule has 0 fully saturated rings. The van der Waals surface area contributed by atoms with E-state index in [4.69, 9.17) is 0 Å². The van der Waals surface area contributed by atoms with Crippen LogP contribution in [0.5, 0.6) is 0 Å². The summed E-state index contributed by atoms with van der Waals surface area (Å²) in [4.78, 5) is 2.47. The Labute approximate surface area is 268 Å². The van der Waals surface area contributed by atoms with Crippen molar-refractivity contribution >= 4 is 79.2 Å². The molecule has 0 atom stereocenters. The van der Waals surface area contributed by atoms with E-state index in [9.17, 15) is 0 Å². The van der Waals surface area contributed by atoms with Crippen LogP contribution in [0, 0.1) is 0 Å². The van der Waals surface area contributed by atoms with Gasteiger partial charge >= 0.3 is 0 Å². The van der Waals surface area contributed by atoms with Gasteiger partial charge in [-0.25, -0.2) is 0 Å². The Hall–Kier alpha value is -5.37. The lowest BCUT2D eigenvalue weighted by molar-refractivity contribution is 1.40. The van der Waals surface area contributed by atoms with E-state index in [0.29, 0.717) is 0 Å². The fraction of sp³-hybridized carbons (Fsp3) is 0. The van der Waals surface area contributed by atoms with Gasteiger partial charge in [0.05, 0.1) is 0 Å². The number of hydrogen-bond acceptors (Lipinski definition) is 1. The summed E-state index contributed by atoms with van der Waals surface area (Å²) >= 11 is 1.79. The monoisotopic (exact) mass is 590 g/mol. The fourth-order valence-corrected chi connectivity index (χ4v) is 6.76. The van der Waals surface area contributed by atoms with Crippen LogP contribution in [-0.2, 0) is 0 Å². The summed E-state index contributed by atoms with van der Waals surface area (Å²) in [5.41, 5.74) is 4.81. The van der Waals surface area contributed by atoms with Crippen molar-refractivity contribution in [3.05, 3.63) is 180 Å². The minimum atomic E-state index is 1.19. The van der Waals surface area contributed by atoms with Gasteiger partial charge in [0.2, 0.25) is 0 Å². The zero-order valence-corrected chi connectivity index (χ0v) is 25.5. The van der Waals surface area contributed by atoms with Crippen LogP contribution in [0.15, 0.2) is 168 Å². The van der Waals surface area contributed by atoms with Gasteiger partial charge in [0.15, 0.2) is 0 Å². The second kappa shape index (κ2) is 12.0. The summed E-state index contributed by atoms with van der Waals surface area (Å²) in [6.07, 6.45) is 8.77. The molecule has 0 N–H and O–H groups in total. The minimum Gasteiger partial charge on any atom is -0.0901 e. The van der Waals surface area contributed by atoms with Crippen LogP contribution in [0.4, 0.5) is 0 Å². The molecule has 0 spiro atoms. The van der Waals surface area contributed by atoms with Crippen molar-refractivity contribution in [2.24, 2.45) is 0 Å². The third-order valence-electron chi connectivity index (χ3n) is 8.39. The summed E-state index contributed by atoms with van der Waals surface area (Å²) in [6, 6.07) is 57.1. The highest BCUT2D eigenvalue weighted by atomic mass is 32.2. The molecule has 0 radical (unpaired) electrons. The fourth-order valence-electron chi connectivity index (χ4n) is 5.94. The average molecular weight is 591 g/mol. The summed E-state index contributed by atoms with van der Waals surface area (Å²) in [5.74, 6) is 0. The van der Waals surface area contributed by atoms with E-state index in [1.165, 1.54) is 75.1 Å². The van der Waals surface area contributed by atoms with Gasteiger partial charge in [0, 0.05) is 9.79 Å². The first-order valence-corrected chi connectivity index (χ1v) is 16.1. The van der Waals surface area contributed by atoms with Crippen LogP contribution in [0.1, 0.15) is 22.3 Å². The van der Waals surface area contributed by atoms with Crippen molar-refractivity contribution in [1.29, 1.82) is 0 Å². The first kappa shape index (κ1) is 27.2. The molecular formula is C44H30S. The van der Waals surface area contributed by atoms with Crippen LogP contribution in [0.25, 0.3) is 67.4 Å². The SMILES string of the molecule is C(=Cc1ccc2cc3ccccc3cc2c1)c1ccc(Sc2ccc(C=Cc3ccc4cc5ccccc5cc4c3)cc2)cc1. The highest BCUT2D eigenvalue weighted by Gasteiger charge is 2.02. The Bertz CT molecular complexity index is 2210. The quantitative estimate of drug-likeness (QED) is 0.137. The molecule has 0 aliphatic heterocycles. The van der Waals surface area contributed by atoms with E-state index in [1.54, 1.807) is 11.8 Å². The molecule has 0 saturated carbocycles. The van der Waals surface area contributed by atoms with Gasteiger partial charge in [-0.1, -0.05) is 133 Å². The van der Waals surface area contributed by atoms with Gasteiger partial charge in [-0.2, -0.15) is 0 Å². The Morgan fingerprint density at radius 1 is 0.267 bits per heavy atom. The first-order valence-electron chi connectivity index (χ1n) is 15.3. The topological polar surface area (TPSA) is 0 Å². The van der Waals surface area contributed by atoms with Gasteiger partial charge in [-0.3, -0.25) is 0 Å². The van der Waals surface area contributed by atoms with Crippen molar-refractivity contribution in [3.63, 3.8) is 0 Å². The van der Waals surface area contributed by atoms with E-state index >= 15 is 0 Å². The summed E-state index contributed by atoms with van der Waals surface area (Å²) < 4.78 is 0. The third-order valence-corrected chi connectivity index (χ3v) is 9.41. The molecule has 45 heavy (non-hydrogen) atoms. The summed E-state index contributed by atoms with van der Waals surface area (Å²) in [6.45, 7) is 0. The lowest BCUT2D eigenvalue weighted by Crippen LogP contribution is -1.79. The Morgan fingerprint density at radius 2 is 0.578 bits per heavy atom. The van der Waals surface area contributed by atoms with Crippen LogP contribution < -0.4 is 0 Å². The molecule has 0 unspecified atom stereocenters. The molecule has 0 aromatic heterocycles. The maximum absolute atomic E-state index is 2.28. The highest BCUT2D eigenvalue weighted by Crippen LogP contribution is 2.30. The molecule has 8 rings (SSSR count). The first-order chi connectivity index (χ1) is 22.2. The van der Waals surface area contributed by atoms with Crippen molar-refractivity contribution in [2.45, 2.75) is 9.79 Å². The molecule has 212 valence electrons. The predicted octanol–water partition coefficient (Wildman–Crippen LogP) is 12.8. The number of hydrogen-bond donors (Lipinski definition) is 0. The molecule has 0 heterocycles. The third kappa shape index (κ3) is 6.04. The lowest BCUT2D eigenvalue weighted by Gasteiger charge is -2.05. The standard InChI is InChI=1S/C44H30S/c1-3-7-37-29-41-25-33(13-19-39(41)27-35(37)5-1)11-9-31-15-21-43(22-16-31)45-44-23-17-32(18-24-44)10-12-34-14-20-40-28-36-6-2-4-8-38(36)30-42(40)26-34/h1-30H. The van der Waals surface area contributed by atoms with Crippen molar-refractivity contribution in [3.8, 4) is 0 Å². The number of fused-ring (bicyclic) bond motifs is 4. The molecule has 1 heteroatoms. The van der Waals surface area contributed by atoms with E-state index in [-0.39, 0.29) is 0 Å². The number of benzene rings is 8. The molecule has 0 bridgehead atoms. The molecule has 0 aliphatic rings. The molecule has 8 aromatic rings. The van der Waals surface area contributed by atoms with Crippen LogP contribution >= 0.6 is 11.8 Å². The summed E-state index contributed by atoms with van der Waals surface area (Å²) in [5, 5.41) is 10.2. The van der Waals surface area contributed by atoms with Gasteiger partial charge in [-0.15, -0.1) is 0 Å². The Morgan fingerprint density at radius 3 is 0.978 bits per heavy atom. The molecule has 0 nitrogen and oxygen atoms in total. The number of rotatable bonds is 6. The van der Waals surface area contributed by atoms with Crippen LogP contribution in [0.2, 0.25) is 0 Å². The molecule has 8 aromatic carbocycles. The second-order valence-electron chi connectivity index (χ2n) is 11.5. The van der Waals surface area contributed by atoms with Gasteiger partial charge in [0.1, 0.15) is 0 Å². The zero-order chi connectivity index (χ0) is 30.0. The van der Waals surface area contributed by atoms with Gasteiger partial charge < -0.3 is 0 Å². The largest absolute Gasteiger partial charge is 0.0901 e. The van der Waals surface area contributed by atoms with Crippen LogP contribution in [0.3, 0.4) is 0 Å². The minimum absolute atomic E-state index is 1.19. The highest BCUT2D eigenvalue weighted by molar-refractivity contribution is 7.99. The lowest BCUT2D eigenvalue weighted by atomic mass is 10.0. The van der Waals surface area contributed by atoms with Crippen molar-refractivity contribution in [2.75, 3.05) is 0 Å². The maximum Gasteiger partial charge on any atom is 0.0122 e. The Kier molecular flexibility index (Phi) is 7.23.